The van der Waals surface area contributed by atoms with Crippen LogP contribution in [-0.4, -0.2) is 115 Å². The molecule has 0 saturated carbocycles. The van der Waals surface area contributed by atoms with Gasteiger partial charge < -0.3 is 55.1 Å². The summed E-state index contributed by atoms with van der Waals surface area (Å²) in [6.07, 6.45) is -12.9. The molecule has 23 heavy (non-hydrogen) atoms. The molecular formula is C12H22O11. The van der Waals surface area contributed by atoms with Crippen molar-refractivity contribution in [3.63, 3.8) is 0 Å². The van der Waals surface area contributed by atoms with Gasteiger partial charge in [-0.05, 0) is 0 Å². The zero-order valence-electron chi connectivity index (χ0n) is 12.0. The van der Waals surface area contributed by atoms with E-state index in [1.165, 1.54) is 0 Å². The smallest absolute Gasteiger partial charge is 0.221 e. The van der Waals surface area contributed by atoms with E-state index in [0.29, 0.717) is 0 Å². The lowest BCUT2D eigenvalue weighted by molar-refractivity contribution is -0.364. The molecule has 0 aromatic rings. The van der Waals surface area contributed by atoms with Crippen molar-refractivity contribution < 1.29 is 55.1 Å². The zero-order chi connectivity index (χ0) is 17.4. The molecular weight excluding hydrogens is 320 g/mol. The van der Waals surface area contributed by atoms with Gasteiger partial charge in [-0.15, -0.1) is 0 Å². The predicted molar refractivity (Wildman–Crippen MR) is 68.6 cm³/mol. The second kappa shape index (κ2) is 7.21. The molecule has 2 rings (SSSR count). The summed E-state index contributed by atoms with van der Waals surface area (Å²) in [6.45, 7) is -1.85. The molecule has 2 saturated heterocycles. The van der Waals surface area contributed by atoms with Crippen molar-refractivity contribution in [1.82, 2.24) is 0 Å². The Balaban J connectivity index is 2.03. The highest BCUT2D eigenvalue weighted by Crippen LogP contribution is 2.29. The summed E-state index contributed by atoms with van der Waals surface area (Å²) in [5.74, 6) is -2.08. The molecule has 0 aromatic heterocycles. The molecule has 2 heterocycles. The average Bonchev–Trinajstić information content (AvgIpc) is 2.55. The summed E-state index contributed by atoms with van der Waals surface area (Å²) in [5, 5.41) is 76.6. The number of hydrogen-bond acceptors (Lipinski definition) is 11. The van der Waals surface area contributed by atoms with Crippen LogP contribution in [0.25, 0.3) is 0 Å². The zero-order valence-corrected chi connectivity index (χ0v) is 12.0. The Bertz CT molecular complexity index is 395. The molecule has 136 valence electrons. The Hall–Kier alpha value is -0.440. The van der Waals surface area contributed by atoms with Gasteiger partial charge in [0.15, 0.2) is 6.29 Å². The minimum absolute atomic E-state index is 0.420. The van der Waals surface area contributed by atoms with Crippen molar-refractivity contribution in [2.75, 3.05) is 19.8 Å². The predicted octanol–water partition coefficient (Wildman–Crippen LogP) is -5.40. The van der Waals surface area contributed by atoms with E-state index in [4.69, 9.17) is 14.2 Å². The summed E-state index contributed by atoms with van der Waals surface area (Å²) >= 11 is 0. The van der Waals surface area contributed by atoms with Gasteiger partial charge in [-0.25, -0.2) is 0 Å². The van der Waals surface area contributed by atoms with Crippen molar-refractivity contribution in [1.29, 1.82) is 0 Å². The van der Waals surface area contributed by atoms with Gasteiger partial charge in [0.1, 0.15) is 49.3 Å². The van der Waals surface area contributed by atoms with Crippen LogP contribution in [0.4, 0.5) is 0 Å². The van der Waals surface area contributed by atoms with Crippen LogP contribution < -0.4 is 0 Å². The Kier molecular flexibility index (Phi) is 5.92. The van der Waals surface area contributed by atoms with E-state index < -0.39 is 74.6 Å². The van der Waals surface area contributed by atoms with Gasteiger partial charge in [0.25, 0.3) is 0 Å². The third kappa shape index (κ3) is 3.50. The quantitative estimate of drug-likeness (QED) is 0.243. The van der Waals surface area contributed by atoms with Crippen molar-refractivity contribution in [2.45, 2.75) is 54.8 Å². The number of hydrogen-bond donors (Lipinski definition) is 8. The van der Waals surface area contributed by atoms with Gasteiger partial charge in [0.2, 0.25) is 5.79 Å². The van der Waals surface area contributed by atoms with Gasteiger partial charge in [-0.1, -0.05) is 0 Å². The summed E-state index contributed by atoms with van der Waals surface area (Å²) in [4.78, 5) is 0. The topological polar surface area (TPSA) is 190 Å². The lowest BCUT2D eigenvalue weighted by atomic mass is 9.96. The SMILES string of the molecule is OC[C@@]1(OC[C@H]2O[C@@H](O)[C@H](O)[C@@H](O)[C@@H]2O)OC[C@@H](O)[C@@H](O)[C@@H]1O. The van der Waals surface area contributed by atoms with Crippen LogP contribution >= 0.6 is 0 Å². The number of ether oxygens (including phenoxy) is 3. The Morgan fingerprint density at radius 2 is 1.57 bits per heavy atom. The summed E-state index contributed by atoms with van der Waals surface area (Å²) in [7, 11) is 0. The first-order valence-electron chi connectivity index (χ1n) is 7.04. The molecule has 11 heteroatoms. The maximum absolute atomic E-state index is 9.94. The Morgan fingerprint density at radius 3 is 2.17 bits per heavy atom. The van der Waals surface area contributed by atoms with Crippen LogP contribution in [0.2, 0.25) is 0 Å². The molecule has 0 aliphatic carbocycles. The van der Waals surface area contributed by atoms with E-state index in [2.05, 4.69) is 0 Å². The highest BCUT2D eigenvalue weighted by atomic mass is 16.7. The molecule has 2 aliphatic heterocycles. The second-order valence-corrected chi connectivity index (χ2v) is 5.63. The number of aliphatic hydroxyl groups excluding tert-OH is 8. The molecule has 0 unspecified atom stereocenters. The first-order chi connectivity index (χ1) is 10.7. The van der Waals surface area contributed by atoms with E-state index >= 15 is 0 Å². The largest absolute Gasteiger partial charge is 0.391 e. The van der Waals surface area contributed by atoms with Crippen molar-refractivity contribution in [3.8, 4) is 0 Å². The monoisotopic (exact) mass is 342 g/mol. The van der Waals surface area contributed by atoms with Crippen molar-refractivity contribution in [3.05, 3.63) is 0 Å². The number of aliphatic hydroxyl groups is 8. The van der Waals surface area contributed by atoms with E-state index in [1.807, 2.05) is 0 Å². The van der Waals surface area contributed by atoms with Crippen LogP contribution in [0, 0.1) is 0 Å². The third-order valence-corrected chi connectivity index (χ3v) is 4.07. The molecule has 0 spiro atoms. The van der Waals surface area contributed by atoms with E-state index in [9.17, 15) is 40.9 Å². The van der Waals surface area contributed by atoms with Gasteiger partial charge in [0, 0.05) is 0 Å². The number of rotatable bonds is 4. The summed E-state index contributed by atoms with van der Waals surface area (Å²) < 4.78 is 15.2. The van der Waals surface area contributed by atoms with Gasteiger partial charge in [-0.2, -0.15) is 0 Å². The Labute approximate surface area is 130 Å². The first-order valence-corrected chi connectivity index (χ1v) is 7.04. The van der Waals surface area contributed by atoms with E-state index in [0.717, 1.165) is 0 Å². The van der Waals surface area contributed by atoms with Crippen LogP contribution in [0.1, 0.15) is 0 Å². The first kappa shape index (κ1) is 18.9. The highest BCUT2D eigenvalue weighted by molar-refractivity contribution is 4.94. The minimum atomic E-state index is -2.08. The van der Waals surface area contributed by atoms with Crippen LogP contribution in [0.15, 0.2) is 0 Å². The summed E-state index contributed by atoms with van der Waals surface area (Å²) in [6, 6.07) is 0. The fraction of sp³-hybridized carbons (Fsp3) is 1.00. The second-order valence-electron chi connectivity index (χ2n) is 5.63. The molecule has 9 atom stereocenters. The van der Waals surface area contributed by atoms with Gasteiger partial charge in [0.05, 0.1) is 13.2 Å². The molecule has 0 aromatic carbocycles. The molecule has 0 radical (unpaired) electrons. The molecule has 2 aliphatic rings. The molecule has 0 amide bonds. The fourth-order valence-electron chi connectivity index (χ4n) is 2.48. The van der Waals surface area contributed by atoms with E-state index in [-0.39, 0.29) is 0 Å². The molecule has 0 bridgehead atoms. The standard InChI is InChI=1S/C12H22O11/c13-3-12(10(19)6(15)4(14)1-21-12)22-2-5-7(16)8(17)9(18)11(20)23-5/h4-11,13-20H,1-3H2/t4-,5-,6-,7-,8+,9-,10+,11-,12+/m1/s1. The normalized spacial score (nSPS) is 51.7. The van der Waals surface area contributed by atoms with Gasteiger partial charge >= 0.3 is 0 Å². The lowest BCUT2D eigenvalue weighted by Crippen LogP contribution is -2.65. The minimum Gasteiger partial charge on any atom is -0.391 e. The third-order valence-electron chi connectivity index (χ3n) is 4.07. The molecule has 8 N–H and O–H groups in total. The van der Waals surface area contributed by atoms with Gasteiger partial charge in [-0.3, -0.25) is 0 Å². The summed E-state index contributed by atoms with van der Waals surface area (Å²) in [5.41, 5.74) is 0. The van der Waals surface area contributed by atoms with Crippen LogP contribution in [-0.2, 0) is 14.2 Å². The van der Waals surface area contributed by atoms with Crippen LogP contribution in [0.3, 0.4) is 0 Å². The van der Waals surface area contributed by atoms with E-state index in [1.54, 1.807) is 0 Å². The maximum atomic E-state index is 9.94. The van der Waals surface area contributed by atoms with Crippen molar-refractivity contribution in [2.24, 2.45) is 0 Å². The molecule has 2 fully saturated rings. The lowest BCUT2D eigenvalue weighted by Gasteiger charge is -2.45. The average molecular weight is 342 g/mol. The van der Waals surface area contributed by atoms with Crippen molar-refractivity contribution >= 4 is 0 Å². The highest BCUT2D eigenvalue weighted by Gasteiger charge is 2.52. The van der Waals surface area contributed by atoms with Crippen LogP contribution in [0.5, 0.6) is 0 Å². The fourth-order valence-corrected chi connectivity index (χ4v) is 2.48. The maximum Gasteiger partial charge on any atom is 0.221 e. The molecule has 11 nitrogen and oxygen atoms in total. The Morgan fingerprint density at radius 1 is 0.913 bits per heavy atom.